The Kier molecular flexibility index (Phi) is 3.88. The topological polar surface area (TPSA) is 58.1 Å². The van der Waals surface area contributed by atoms with Crippen LogP contribution in [0.25, 0.3) is 0 Å². The third-order valence-corrected chi connectivity index (χ3v) is 3.14. The molecule has 0 spiro atoms. The molecule has 0 saturated heterocycles. The van der Waals surface area contributed by atoms with Crippen molar-refractivity contribution in [3.8, 4) is 0 Å². The lowest BCUT2D eigenvalue weighted by Crippen LogP contribution is -2.23. The molecule has 2 aromatic heterocycles. The van der Waals surface area contributed by atoms with Crippen LogP contribution in [0, 0.1) is 0 Å². The first-order valence-corrected chi connectivity index (χ1v) is 6.36. The van der Waals surface area contributed by atoms with Gasteiger partial charge in [0.1, 0.15) is 0 Å². The maximum absolute atomic E-state index is 11.7. The second-order valence-corrected chi connectivity index (χ2v) is 4.85. The Bertz CT molecular complexity index is 525. The van der Waals surface area contributed by atoms with Crippen LogP contribution in [0.2, 0.25) is 0 Å². The summed E-state index contributed by atoms with van der Waals surface area (Å²) >= 11 is 1.42. The summed E-state index contributed by atoms with van der Waals surface area (Å²) in [6.45, 7) is 0.403. The number of nitrogens with zero attached hydrogens (tertiary/aromatic N) is 3. The summed E-state index contributed by atoms with van der Waals surface area (Å²) in [7, 11) is 3.76. The van der Waals surface area contributed by atoms with Gasteiger partial charge in [-0.05, 0) is 17.5 Å². The molecule has 0 aliphatic rings. The molecule has 0 unspecified atom stereocenters. The summed E-state index contributed by atoms with van der Waals surface area (Å²) in [5.74, 6) is 0.563. The third kappa shape index (κ3) is 3.04. The lowest BCUT2D eigenvalue weighted by atomic mass is 10.4. The van der Waals surface area contributed by atoms with Crippen LogP contribution in [0.5, 0.6) is 0 Å². The summed E-state index contributed by atoms with van der Waals surface area (Å²) in [6.07, 6.45) is 1.69. The van der Waals surface area contributed by atoms with Gasteiger partial charge in [0.2, 0.25) is 5.95 Å². The second kappa shape index (κ2) is 5.59. The molecule has 0 aliphatic carbocycles. The SMILES string of the molecule is CN(C)c1nccc(CNC(=O)c2cccs2)n1. The maximum Gasteiger partial charge on any atom is 0.261 e. The molecule has 0 bridgehead atoms. The van der Waals surface area contributed by atoms with Gasteiger partial charge in [-0.15, -0.1) is 11.3 Å². The molecule has 0 aromatic carbocycles. The molecule has 5 nitrogen and oxygen atoms in total. The highest BCUT2D eigenvalue weighted by Gasteiger charge is 2.07. The van der Waals surface area contributed by atoms with E-state index in [1.54, 1.807) is 18.3 Å². The van der Waals surface area contributed by atoms with Crippen LogP contribution in [0.1, 0.15) is 15.4 Å². The van der Waals surface area contributed by atoms with Crippen LogP contribution in [0.15, 0.2) is 29.8 Å². The van der Waals surface area contributed by atoms with Crippen molar-refractivity contribution in [1.82, 2.24) is 15.3 Å². The van der Waals surface area contributed by atoms with Gasteiger partial charge in [0.15, 0.2) is 0 Å². The van der Waals surface area contributed by atoms with E-state index in [9.17, 15) is 4.79 Å². The first-order chi connectivity index (χ1) is 8.66. The fourth-order valence-corrected chi connectivity index (χ4v) is 2.00. The van der Waals surface area contributed by atoms with E-state index in [2.05, 4.69) is 15.3 Å². The van der Waals surface area contributed by atoms with E-state index in [1.807, 2.05) is 30.4 Å². The predicted octanol–water partition coefficient (Wildman–Crippen LogP) is 1.53. The van der Waals surface area contributed by atoms with Crippen LogP contribution in [-0.4, -0.2) is 30.0 Å². The molecule has 0 radical (unpaired) electrons. The van der Waals surface area contributed by atoms with E-state index in [1.165, 1.54) is 11.3 Å². The Morgan fingerprint density at radius 1 is 1.44 bits per heavy atom. The molecular formula is C12H14N4OS. The number of anilines is 1. The molecule has 2 aromatic rings. The third-order valence-electron chi connectivity index (χ3n) is 2.28. The minimum atomic E-state index is -0.0741. The molecule has 94 valence electrons. The van der Waals surface area contributed by atoms with Gasteiger partial charge in [0, 0.05) is 20.3 Å². The minimum Gasteiger partial charge on any atom is -0.347 e. The monoisotopic (exact) mass is 262 g/mol. The van der Waals surface area contributed by atoms with Gasteiger partial charge in [-0.25, -0.2) is 9.97 Å². The van der Waals surface area contributed by atoms with Crippen LogP contribution in [0.3, 0.4) is 0 Å². The quantitative estimate of drug-likeness (QED) is 0.908. The molecule has 0 fully saturated rings. The van der Waals surface area contributed by atoms with Crippen molar-refractivity contribution in [1.29, 1.82) is 0 Å². The maximum atomic E-state index is 11.7. The number of nitrogens with one attached hydrogen (secondary N) is 1. The number of rotatable bonds is 4. The Balaban J connectivity index is 1.98. The van der Waals surface area contributed by atoms with E-state index in [-0.39, 0.29) is 5.91 Å². The van der Waals surface area contributed by atoms with Gasteiger partial charge in [-0.1, -0.05) is 6.07 Å². The van der Waals surface area contributed by atoms with Crippen molar-refractivity contribution in [2.45, 2.75) is 6.54 Å². The number of aromatic nitrogens is 2. The van der Waals surface area contributed by atoms with E-state index in [0.717, 1.165) is 5.69 Å². The summed E-state index contributed by atoms with van der Waals surface area (Å²) < 4.78 is 0. The van der Waals surface area contributed by atoms with Gasteiger partial charge < -0.3 is 10.2 Å². The Hall–Kier alpha value is -1.95. The van der Waals surface area contributed by atoms with E-state index in [4.69, 9.17) is 0 Å². The van der Waals surface area contributed by atoms with Crippen LogP contribution >= 0.6 is 11.3 Å². The van der Waals surface area contributed by atoms with E-state index < -0.39 is 0 Å². The van der Waals surface area contributed by atoms with Crippen LogP contribution < -0.4 is 10.2 Å². The standard InChI is InChI=1S/C12H14N4OS/c1-16(2)12-13-6-5-9(15-12)8-14-11(17)10-4-3-7-18-10/h3-7H,8H2,1-2H3,(H,14,17). The normalized spacial score (nSPS) is 10.1. The first kappa shape index (κ1) is 12.5. The van der Waals surface area contributed by atoms with Gasteiger partial charge in [-0.3, -0.25) is 4.79 Å². The molecule has 2 heterocycles. The zero-order chi connectivity index (χ0) is 13.0. The average Bonchev–Trinajstić information content (AvgIpc) is 2.90. The predicted molar refractivity (Wildman–Crippen MR) is 71.8 cm³/mol. The van der Waals surface area contributed by atoms with E-state index >= 15 is 0 Å². The Labute approximate surface area is 109 Å². The highest BCUT2D eigenvalue weighted by Crippen LogP contribution is 2.08. The fourth-order valence-electron chi connectivity index (χ4n) is 1.36. The number of hydrogen-bond acceptors (Lipinski definition) is 5. The molecule has 1 amide bonds. The fraction of sp³-hybridized carbons (Fsp3) is 0.250. The number of carbonyl (C=O) groups excluding carboxylic acids is 1. The average molecular weight is 262 g/mol. The van der Waals surface area contributed by atoms with E-state index in [0.29, 0.717) is 17.4 Å². The molecule has 6 heteroatoms. The highest BCUT2D eigenvalue weighted by atomic mass is 32.1. The molecule has 2 rings (SSSR count). The van der Waals surface area contributed by atoms with Crippen molar-refractivity contribution >= 4 is 23.2 Å². The number of amides is 1. The van der Waals surface area contributed by atoms with Gasteiger partial charge in [-0.2, -0.15) is 0 Å². The van der Waals surface area contributed by atoms with Gasteiger partial charge in [0.25, 0.3) is 5.91 Å². The van der Waals surface area contributed by atoms with Gasteiger partial charge >= 0.3 is 0 Å². The second-order valence-electron chi connectivity index (χ2n) is 3.90. The van der Waals surface area contributed by atoms with Crippen LogP contribution in [0.4, 0.5) is 5.95 Å². The van der Waals surface area contributed by atoms with Crippen molar-refractivity contribution in [3.05, 3.63) is 40.3 Å². The Morgan fingerprint density at radius 3 is 2.94 bits per heavy atom. The number of thiophene rings is 1. The van der Waals surface area contributed by atoms with Crippen LogP contribution in [-0.2, 0) is 6.54 Å². The van der Waals surface area contributed by atoms with Crippen molar-refractivity contribution < 1.29 is 4.79 Å². The largest absolute Gasteiger partial charge is 0.347 e. The van der Waals surface area contributed by atoms with Gasteiger partial charge in [0.05, 0.1) is 17.1 Å². The lowest BCUT2D eigenvalue weighted by molar-refractivity contribution is 0.0954. The summed E-state index contributed by atoms with van der Waals surface area (Å²) in [4.78, 5) is 22.7. The number of carbonyl (C=O) groups is 1. The lowest BCUT2D eigenvalue weighted by Gasteiger charge is -2.10. The van der Waals surface area contributed by atoms with Crippen molar-refractivity contribution in [3.63, 3.8) is 0 Å². The summed E-state index contributed by atoms with van der Waals surface area (Å²) in [5.41, 5.74) is 0.790. The molecule has 0 atom stereocenters. The smallest absolute Gasteiger partial charge is 0.261 e. The first-order valence-electron chi connectivity index (χ1n) is 5.48. The zero-order valence-electron chi connectivity index (χ0n) is 10.3. The summed E-state index contributed by atoms with van der Waals surface area (Å²) in [6, 6.07) is 5.45. The zero-order valence-corrected chi connectivity index (χ0v) is 11.1. The summed E-state index contributed by atoms with van der Waals surface area (Å²) in [5, 5.41) is 4.71. The molecule has 1 N–H and O–H groups in total. The number of hydrogen-bond donors (Lipinski definition) is 1. The van der Waals surface area contributed by atoms with Crippen molar-refractivity contribution in [2.75, 3.05) is 19.0 Å². The Morgan fingerprint density at radius 2 is 2.28 bits per heavy atom. The molecule has 18 heavy (non-hydrogen) atoms. The molecule has 0 saturated carbocycles. The van der Waals surface area contributed by atoms with Crippen molar-refractivity contribution in [2.24, 2.45) is 0 Å². The molecule has 0 aliphatic heterocycles. The highest BCUT2D eigenvalue weighted by molar-refractivity contribution is 7.12. The molecular weight excluding hydrogens is 248 g/mol. The minimum absolute atomic E-state index is 0.0741.